The summed E-state index contributed by atoms with van der Waals surface area (Å²) in [6.45, 7) is 3.37. The maximum atomic E-state index is 13.0. The minimum absolute atomic E-state index is 0.0146. The van der Waals surface area contributed by atoms with E-state index in [1.807, 2.05) is 24.3 Å². The average Bonchev–Trinajstić information content (AvgIpc) is 2.81. The Hall–Kier alpha value is -3.88. The quantitative estimate of drug-likeness (QED) is 0.407. The fourth-order valence-electron chi connectivity index (χ4n) is 3.27. The van der Waals surface area contributed by atoms with Crippen LogP contribution in [0.25, 0.3) is 0 Å². The van der Waals surface area contributed by atoms with E-state index < -0.39 is 41.9 Å². The molecule has 182 valence electrons. The van der Waals surface area contributed by atoms with Crippen molar-refractivity contribution in [3.05, 3.63) is 71.8 Å². The van der Waals surface area contributed by atoms with E-state index in [2.05, 4.69) is 10.6 Å². The predicted molar refractivity (Wildman–Crippen MR) is 124 cm³/mol. The second-order valence-corrected chi connectivity index (χ2v) is 7.76. The number of amides is 2. The van der Waals surface area contributed by atoms with Gasteiger partial charge in [-0.15, -0.1) is 0 Å². The Morgan fingerprint density at radius 2 is 1.47 bits per heavy atom. The standard InChI is InChI=1S/C25H30N2O7/c1-3-33-21(28)14-17(2)22(24(30)31)27-23(29)20(15-18-10-6-4-7-11-18)26-25(32)34-16-19-12-8-5-9-13-19/h4-13,17,20,22H,3,14-16H2,1-2H3,(H,26,32)(H,27,29)(H,30,31)/t17-,20+,22-/m0/s1. The monoisotopic (exact) mass is 470 g/mol. The highest BCUT2D eigenvalue weighted by Crippen LogP contribution is 2.12. The van der Waals surface area contributed by atoms with Gasteiger partial charge in [0.2, 0.25) is 5.91 Å². The summed E-state index contributed by atoms with van der Waals surface area (Å²) in [5.41, 5.74) is 1.54. The van der Waals surface area contributed by atoms with Crippen molar-refractivity contribution in [3.8, 4) is 0 Å². The van der Waals surface area contributed by atoms with Gasteiger partial charge in [0.15, 0.2) is 0 Å². The number of hydrogen-bond donors (Lipinski definition) is 3. The van der Waals surface area contributed by atoms with Gasteiger partial charge in [0.25, 0.3) is 0 Å². The predicted octanol–water partition coefficient (Wildman–Crippen LogP) is 2.68. The lowest BCUT2D eigenvalue weighted by molar-refractivity contribution is -0.147. The van der Waals surface area contributed by atoms with Crippen molar-refractivity contribution in [2.75, 3.05) is 6.61 Å². The summed E-state index contributed by atoms with van der Waals surface area (Å²) in [6.07, 6.45) is -0.876. The molecule has 0 radical (unpaired) electrons. The maximum absolute atomic E-state index is 13.0. The number of benzene rings is 2. The maximum Gasteiger partial charge on any atom is 0.408 e. The number of carboxylic acids is 1. The SMILES string of the molecule is CCOC(=O)C[C@H](C)[C@H](NC(=O)[C@@H](Cc1ccccc1)NC(=O)OCc1ccccc1)C(=O)O. The first-order valence-corrected chi connectivity index (χ1v) is 11.0. The summed E-state index contributed by atoms with van der Waals surface area (Å²) in [4.78, 5) is 49.0. The number of carbonyl (C=O) groups excluding carboxylic acids is 3. The number of esters is 1. The average molecular weight is 471 g/mol. The first-order valence-electron chi connectivity index (χ1n) is 11.0. The topological polar surface area (TPSA) is 131 Å². The lowest BCUT2D eigenvalue weighted by Crippen LogP contribution is -2.54. The van der Waals surface area contributed by atoms with Gasteiger partial charge in [-0.3, -0.25) is 9.59 Å². The van der Waals surface area contributed by atoms with E-state index in [1.165, 1.54) is 6.92 Å². The molecular formula is C25H30N2O7. The first kappa shape index (κ1) is 26.4. The number of aliphatic carboxylic acids is 1. The normalized spacial score (nSPS) is 13.1. The summed E-state index contributed by atoms with van der Waals surface area (Å²) in [7, 11) is 0. The summed E-state index contributed by atoms with van der Waals surface area (Å²) in [6, 6.07) is 15.6. The lowest BCUT2D eigenvalue weighted by atomic mass is 9.97. The fraction of sp³-hybridized carbons (Fsp3) is 0.360. The van der Waals surface area contributed by atoms with E-state index >= 15 is 0 Å². The Bertz CT molecular complexity index is 950. The second-order valence-electron chi connectivity index (χ2n) is 7.76. The zero-order valence-electron chi connectivity index (χ0n) is 19.2. The van der Waals surface area contributed by atoms with Crippen LogP contribution in [0, 0.1) is 5.92 Å². The van der Waals surface area contributed by atoms with Gasteiger partial charge in [-0.2, -0.15) is 0 Å². The summed E-state index contributed by atoms with van der Waals surface area (Å²) >= 11 is 0. The Balaban J connectivity index is 2.09. The zero-order valence-corrected chi connectivity index (χ0v) is 19.2. The van der Waals surface area contributed by atoms with E-state index in [0.717, 1.165) is 11.1 Å². The molecular weight excluding hydrogens is 440 g/mol. The molecule has 2 rings (SSSR count). The first-order chi connectivity index (χ1) is 16.3. The summed E-state index contributed by atoms with van der Waals surface area (Å²) < 4.78 is 10.1. The molecule has 0 aliphatic rings. The van der Waals surface area contributed by atoms with E-state index in [9.17, 15) is 24.3 Å². The van der Waals surface area contributed by atoms with Crippen molar-refractivity contribution in [1.29, 1.82) is 0 Å². The van der Waals surface area contributed by atoms with Gasteiger partial charge in [0, 0.05) is 6.42 Å². The number of ether oxygens (including phenoxy) is 2. The molecule has 0 aliphatic carbocycles. The highest BCUT2D eigenvalue weighted by Gasteiger charge is 2.32. The molecule has 0 aromatic heterocycles. The molecule has 34 heavy (non-hydrogen) atoms. The van der Waals surface area contributed by atoms with Crippen LogP contribution in [-0.4, -0.2) is 47.7 Å². The van der Waals surface area contributed by atoms with Crippen LogP contribution in [0.15, 0.2) is 60.7 Å². The van der Waals surface area contributed by atoms with Gasteiger partial charge in [0.05, 0.1) is 13.0 Å². The zero-order chi connectivity index (χ0) is 24.9. The van der Waals surface area contributed by atoms with Crippen molar-refractivity contribution in [2.24, 2.45) is 5.92 Å². The van der Waals surface area contributed by atoms with Crippen LogP contribution >= 0.6 is 0 Å². The minimum atomic E-state index is -1.35. The van der Waals surface area contributed by atoms with Gasteiger partial charge in [-0.05, 0) is 24.0 Å². The van der Waals surface area contributed by atoms with Gasteiger partial charge in [-0.25, -0.2) is 9.59 Å². The number of nitrogens with one attached hydrogen (secondary N) is 2. The van der Waals surface area contributed by atoms with Crippen LogP contribution in [0.4, 0.5) is 4.79 Å². The number of hydrogen-bond acceptors (Lipinski definition) is 6. The molecule has 2 aromatic rings. The van der Waals surface area contributed by atoms with Crippen molar-refractivity contribution in [3.63, 3.8) is 0 Å². The van der Waals surface area contributed by atoms with Crippen molar-refractivity contribution in [2.45, 2.75) is 45.4 Å². The molecule has 2 aromatic carbocycles. The largest absolute Gasteiger partial charge is 0.480 e. The number of carbonyl (C=O) groups is 4. The fourth-order valence-corrected chi connectivity index (χ4v) is 3.27. The third-order valence-corrected chi connectivity index (χ3v) is 5.03. The third kappa shape index (κ3) is 8.93. The molecule has 9 heteroatoms. The molecule has 0 saturated carbocycles. The lowest BCUT2D eigenvalue weighted by Gasteiger charge is -2.24. The molecule has 0 saturated heterocycles. The van der Waals surface area contributed by atoms with Gasteiger partial charge < -0.3 is 25.2 Å². The smallest absolute Gasteiger partial charge is 0.408 e. The third-order valence-electron chi connectivity index (χ3n) is 5.03. The van der Waals surface area contributed by atoms with Crippen LogP contribution in [-0.2, 0) is 36.9 Å². The molecule has 0 aliphatic heterocycles. The Morgan fingerprint density at radius 1 is 0.882 bits per heavy atom. The van der Waals surface area contributed by atoms with E-state index in [-0.39, 0.29) is 26.1 Å². The summed E-state index contributed by atoms with van der Waals surface area (Å²) in [5.74, 6) is -3.29. The van der Waals surface area contributed by atoms with Crippen LogP contribution in [0.1, 0.15) is 31.4 Å². The molecule has 0 heterocycles. The van der Waals surface area contributed by atoms with E-state index in [1.54, 1.807) is 43.3 Å². The molecule has 3 atom stereocenters. The number of carboxylic acid groups (broad SMARTS) is 1. The van der Waals surface area contributed by atoms with Crippen molar-refractivity contribution < 1.29 is 33.8 Å². The van der Waals surface area contributed by atoms with Crippen LogP contribution in [0.5, 0.6) is 0 Å². The van der Waals surface area contributed by atoms with Gasteiger partial charge >= 0.3 is 18.0 Å². The van der Waals surface area contributed by atoms with Crippen LogP contribution in [0.2, 0.25) is 0 Å². The Kier molecular flexibility index (Phi) is 10.6. The highest BCUT2D eigenvalue weighted by molar-refractivity contribution is 5.89. The second kappa shape index (κ2) is 13.6. The molecule has 0 unspecified atom stereocenters. The van der Waals surface area contributed by atoms with E-state index in [4.69, 9.17) is 9.47 Å². The number of rotatable bonds is 12. The molecule has 9 nitrogen and oxygen atoms in total. The van der Waals surface area contributed by atoms with Crippen molar-refractivity contribution in [1.82, 2.24) is 10.6 Å². The highest BCUT2D eigenvalue weighted by atomic mass is 16.5. The molecule has 2 amide bonds. The molecule has 0 bridgehead atoms. The molecule has 0 spiro atoms. The van der Waals surface area contributed by atoms with Gasteiger partial charge in [-0.1, -0.05) is 67.6 Å². The van der Waals surface area contributed by atoms with Crippen LogP contribution in [0.3, 0.4) is 0 Å². The molecule has 3 N–H and O–H groups in total. The molecule has 0 fully saturated rings. The number of alkyl carbamates (subject to hydrolysis) is 1. The summed E-state index contributed by atoms with van der Waals surface area (Å²) in [5, 5.41) is 14.6. The Morgan fingerprint density at radius 3 is 2.03 bits per heavy atom. The van der Waals surface area contributed by atoms with E-state index in [0.29, 0.717) is 0 Å². The van der Waals surface area contributed by atoms with Crippen molar-refractivity contribution >= 4 is 23.9 Å². The Labute approximate surface area is 198 Å². The minimum Gasteiger partial charge on any atom is -0.480 e. The van der Waals surface area contributed by atoms with Crippen LogP contribution < -0.4 is 10.6 Å². The van der Waals surface area contributed by atoms with Gasteiger partial charge in [0.1, 0.15) is 18.7 Å².